The van der Waals surface area contributed by atoms with Crippen LogP contribution in [-0.2, 0) is 4.79 Å². The fraction of sp³-hybridized carbons (Fsp3) is 0.517. The Morgan fingerprint density at radius 1 is 1.25 bits per heavy atom. The van der Waals surface area contributed by atoms with Crippen LogP contribution in [0.25, 0.3) is 11.8 Å². The van der Waals surface area contributed by atoms with E-state index in [0.717, 1.165) is 60.4 Å². The van der Waals surface area contributed by atoms with E-state index in [9.17, 15) is 14.3 Å². The number of hydrogen-bond donors (Lipinski definition) is 1. The molecule has 3 saturated carbocycles. The highest BCUT2D eigenvalue weighted by molar-refractivity contribution is 8.14. The Morgan fingerprint density at radius 3 is 2.75 bits per heavy atom. The summed E-state index contributed by atoms with van der Waals surface area (Å²) in [5.41, 5.74) is 5.53. The number of thioether (sulfide) groups is 1. The van der Waals surface area contributed by atoms with E-state index in [0.29, 0.717) is 18.3 Å². The largest absolute Gasteiger partial charge is 0.393 e. The summed E-state index contributed by atoms with van der Waals surface area (Å²) in [5, 5.41) is 25.3. The number of benzene rings is 1. The van der Waals surface area contributed by atoms with Gasteiger partial charge in [-0.25, -0.2) is 9.07 Å². The first kappa shape index (κ1) is 23.9. The van der Waals surface area contributed by atoms with Gasteiger partial charge in [0, 0.05) is 5.56 Å². The monoisotopic (exact) mass is 504 g/mol. The lowest BCUT2D eigenvalue weighted by molar-refractivity contribution is -0.111. The Hall–Kier alpha value is -2.43. The van der Waals surface area contributed by atoms with Gasteiger partial charge in [-0.3, -0.25) is 4.79 Å². The molecule has 1 heterocycles. The molecule has 1 aromatic carbocycles. The summed E-state index contributed by atoms with van der Waals surface area (Å²) < 4.78 is 15.5. The van der Waals surface area contributed by atoms with Crippen LogP contribution in [0.3, 0.4) is 0 Å². The quantitative estimate of drug-likeness (QED) is 0.588. The predicted molar refractivity (Wildman–Crippen MR) is 138 cm³/mol. The van der Waals surface area contributed by atoms with Crippen LogP contribution in [0.2, 0.25) is 0 Å². The topological polar surface area (TPSA) is 78.9 Å². The zero-order valence-electron chi connectivity index (χ0n) is 20.7. The number of aromatic nitrogens is 2. The van der Waals surface area contributed by atoms with E-state index >= 15 is 0 Å². The normalized spacial score (nSPS) is 33.1. The number of aliphatic hydroxyl groups excluding tert-OH is 1. The van der Waals surface area contributed by atoms with Gasteiger partial charge in [-0.1, -0.05) is 24.3 Å². The first-order valence-corrected chi connectivity index (χ1v) is 14.0. The van der Waals surface area contributed by atoms with Crippen molar-refractivity contribution >= 4 is 23.0 Å². The predicted octanol–water partition coefficient (Wildman–Crippen LogP) is 5.61. The molecule has 1 radical (unpaired) electrons. The molecule has 2 aromatic rings. The van der Waals surface area contributed by atoms with Crippen molar-refractivity contribution < 1.29 is 14.3 Å². The third kappa shape index (κ3) is 3.68. The van der Waals surface area contributed by atoms with Gasteiger partial charge >= 0.3 is 0 Å². The standard InChI is InChI=1S/C29H31FN3O2S/c1-15-26-16(2)32-33(19-6-4-18(30)5-7-19)24(26)13-17-3-8-21-20-9-10-22(29(35)36-12-11-31)23(20)14-25(34)28(21)27(15)17/h4-7,13,15,20-21,23,25,27-28,34H,3,8-10,12,14H2,1-2H3/t15?,20-,21+,23-,25?,27+,28-/m1/s1. The number of carbonyl (C=O) groups is 1. The molecule has 3 fully saturated rings. The lowest BCUT2D eigenvalue weighted by Gasteiger charge is -2.53. The molecule has 0 bridgehead atoms. The van der Waals surface area contributed by atoms with Crippen molar-refractivity contribution in [2.45, 2.75) is 58.0 Å². The van der Waals surface area contributed by atoms with Crippen LogP contribution < -0.4 is 0 Å². The number of rotatable bonds is 3. The number of aryl methyl sites for hydroxylation is 1. The lowest BCUT2D eigenvalue weighted by atomic mass is 9.52. The van der Waals surface area contributed by atoms with Crippen molar-refractivity contribution in [3.05, 3.63) is 58.5 Å². The molecule has 0 aliphatic heterocycles. The van der Waals surface area contributed by atoms with Crippen LogP contribution in [0, 0.1) is 59.6 Å². The van der Waals surface area contributed by atoms with Gasteiger partial charge in [0.15, 0.2) is 5.12 Å². The molecule has 0 saturated heterocycles. The van der Waals surface area contributed by atoms with Crippen molar-refractivity contribution in [1.29, 1.82) is 5.26 Å². The average molecular weight is 505 g/mol. The van der Waals surface area contributed by atoms with Crippen molar-refractivity contribution in [3.8, 4) is 11.8 Å². The first-order valence-electron chi connectivity index (χ1n) is 13.0. The highest BCUT2D eigenvalue weighted by atomic mass is 32.2. The minimum atomic E-state index is -0.441. The van der Waals surface area contributed by atoms with Crippen molar-refractivity contribution in [2.24, 2.45) is 29.6 Å². The Morgan fingerprint density at radius 2 is 2.00 bits per heavy atom. The molecular weight excluding hydrogens is 473 g/mol. The van der Waals surface area contributed by atoms with Gasteiger partial charge in [-0.2, -0.15) is 10.4 Å². The summed E-state index contributed by atoms with van der Waals surface area (Å²) in [6.45, 7) is 4.32. The molecule has 6 rings (SSSR count). The molecule has 1 N–H and O–H groups in total. The zero-order chi connectivity index (χ0) is 25.1. The third-order valence-corrected chi connectivity index (χ3v) is 10.2. The summed E-state index contributed by atoms with van der Waals surface area (Å²) in [6, 6.07) is 8.54. The number of halogens is 1. The average Bonchev–Trinajstić information content (AvgIpc) is 3.44. The summed E-state index contributed by atoms with van der Waals surface area (Å²) in [7, 11) is 0. The minimum Gasteiger partial charge on any atom is -0.393 e. The minimum absolute atomic E-state index is 0.0607. The van der Waals surface area contributed by atoms with Gasteiger partial charge in [0.2, 0.25) is 0 Å². The molecular formula is C29H31FN3O2S. The van der Waals surface area contributed by atoms with Crippen LogP contribution >= 0.6 is 11.8 Å². The molecule has 5 nitrogen and oxygen atoms in total. The number of fused-ring (bicyclic) bond motifs is 6. The fourth-order valence-electron chi connectivity index (χ4n) is 8.10. The highest BCUT2D eigenvalue weighted by Gasteiger charge is 2.56. The highest BCUT2D eigenvalue weighted by Crippen LogP contribution is 2.61. The van der Waals surface area contributed by atoms with E-state index in [1.807, 2.05) is 11.6 Å². The number of aliphatic hydroxyl groups is 1. The van der Waals surface area contributed by atoms with Crippen LogP contribution in [0.4, 0.5) is 4.39 Å². The molecule has 4 aliphatic rings. The van der Waals surface area contributed by atoms with E-state index < -0.39 is 6.10 Å². The van der Waals surface area contributed by atoms with Crippen molar-refractivity contribution in [3.63, 3.8) is 0 Å². The number of carbonyl (C=O) groups excluding carboxylic acids is 1. The second-order valence-electron chi connectivity index (χ2n) is 11.0. The second-order valence-corrected chi connectivity index (χ2v) is 11.9. The number of nitrogens with zero attached hydrogens (tertiary/aromatic N) is 3. The van der Waals surface area contributed by atoms with Gasteiger partial charge in [0.1, 0.15) is 5.82 Å². The van der Waals surface area contributed by atoms with E-state index in [1.54, 1.807) is 12.1 Å². The molecule has 2 unspecified atom stereocenters. The molecule has 0 amide bonds. The maximum absolute atomic E-state index is 13.5. The summed E-state index contributed by atoms with van der Waals surface area (Å²) in [4.78, 5) is 12.8. The van der Waals surface area contributed by atoms with Gasteiger partial charge in [-0.05, 0) is 105 Å². The van der Waals surface area contributed by atoms with Gasteiger partial charge in [0.25, 0.3) is 0 Å². The third-order valence-electron chi connectivity index (χ3n) is 9.37. The van der Waals surface area contributed by atoms with Crippen LogP contribution in [0.15, 0.2) is 29.8 Å². The van der Waals surface area contributed by atoms with E-state index in [4.69, 9.17) is 10.4 Å². The molecule has 4 aliphatic carbocycles. The molecule has 1 aromatic heterocycles. The Labute approximate surface area is 215 Å². The van der Waals surface area contributed by atoms with E-state index in [2.05, 4.69) is 19.1 Å². The van der Waals surface area contributed by atoms with Gasteiger partial charge in [0.05, 0.1) is 40.9 Å². The number of nitriles is 1. The maximum atomic E-state index is 13.5. The molecule has 7 atom stereocenters. The summed E-state index contributed by atoms with van der Waals surface area (Å²) in [5.74, 6) is 2.57. The Balaban J connectivity index is 1.31. The molecule has 0 spiro atoms. The lowest BCUT2D eigenvalue weighted by Crippen LogP contribution is -2.50. The van der Waals surface area contributed by atoms with Crippen molar-refractivity contribution in [1.82, 2.24) is 9.78 Å². The van der Waals surface area contributed by atoms with Crippen LogP contribution in [0.5, 0.6) is 0 Å². The van der Waals surface area contributed by atoms with Crippen LogP contribution in [-0.4, -0.2) is 31.9 Å². The second kappa shape index (κ2) is 9.15. The smallest absolute Gasteiger partial charge is 0.197 e. The zero-order valence-corrected chi connectivity index (χ0v) is 21.5. The molecule has 7 heteroatoms. The molecule has 36 heavy (non-hydrogen) atoms. The number of allylic oxidation sites excluding steroid dienone is 1. The SMILES string of the molecule is Cc1nn(-c2ccc(F)cc2)c2c1C(C)[C@H]1C(=C2)CC[C@H]2[C@H]3CC[C](C(=O)SCC#N)[C@@H]3CC(O)[C@@H]21. The number of hydrogen-bond acceptors (Lipinski definition) is 5. The summed E-state index contributed by atoms with van der Waals surface area (Å²) >= 11 is 1.12. The van der Waals surface area contributed by atoms with Gasteiger partial charge < -0.3 is 5.11 Å². The summed E-state index contributed by atoms with van der Waals surface area (Å²) in [6.07, 6.45) is 6.33. The molecule has 187 valence electrons. The van der Waals surface area contributed by atoms with E-state index in [-0.39, 0.29) is 40.4 Å². The van der Waals surface area contributed by atoms with Crippen LogP contribution in [0.1, 0.15) is 61.9 Å². The Bertz CT molecular complexity index is 1260. The Kier molecular flexibility index (Phi) is 6.08. The van der Waals surface area contributed by atoms with E-state index in [1.165, 1.54) is 23.3 Å². The fourth-order valence-corrected chi connectivity index (χ4v) is 8.74. The maximum Gasteiger partial charge on any atom is 0.197 e. The van der Waals surface area contributed by atoms with Gasteiger partial charge in [-0.15, -0.1) is 0 Å². The van der Waals surface area contributed by atoms with Crippen molar-refractivity contribution in [2.75, 3.05) is 5.75 Å². The first-order chi connectivity index (χ1) is 17.4.